The molecule has 0 fully saturated rings. The van der Waals surface area contributed by atoms with Crippen LogP contribution in [-0.2, 0) is 0 Å². The van der Waals surface area contributed by atoms with E-state index in [0.717, 1.165) is 5.57 Å². The summed E-state index contributed by atoms with van der Waals surface area (Å²) in [4.78, 5) is 0. The van der Waals surface area contributed by atoms with E-state index in [1.807, 2.05) is 32.1 Å². The smallest absolute Gasteiger partial charge is 0.0335 e. The van der Waals surface area contributed by atoms with Crippen LogP contribution in [0.1, 0.15) is 13.8 Å². The van der Waals surface area contributed by atoms with Crippen molar-refractivity contribution in [3.05, 3.63) is 48.6 Å². The fraction of sp³-hybridized carbons (Fsp3) is 0.200. The molecule has 10 heavy (non-hydrogen) atoms. The second-order valence-corrected chi connectivity index (χ2v) is 2.15. The molecule has 0 aliphatic carbocycles. The van der Waals surface area contributed by atoms with Gasteiger partial charge in [0.25, 0.3) is 0 Å². The Morgan fingerprint density at radius 2 is 1.90 bits per heavy atom. The maximum absolute atomic E-state index is 3.75. The minimum Gasteiger partial charge on any atom is -0.0985 e. The Balaban J connectivity index is 4.00. The highest BCUT2D eigenvalue weighted by molar-refractivity contribution is 5.30. The maximum atomic E-state index is 3.75. The maximum Gasteiger partial charge on any atom is -0.0335 e. The standard InChI is InChI=1S/C10H14/c1-5-9(3)7-8-10(4)6-2/h5-8H,1,3H2,2,4H3/b8-7-,10-6+. The lowest BCUT2D eigenvalue weighted by Gasteiger charge is -1.88. The number of rotatable bonds is 3. The van der Waals surface area contributed by atoms with Crippen molar-refractivity contribution in [1.82, 2.24) is 0 Å². The van der Waals surface area contributed by atoms with Gasteiger partial charge in [0.15, 0.2) is 0 Å². The third kappa shape index (κ3) is 3.90. The number of hydrogen-bond acceptors (Lipinski definition) is 0. The van der Waals surface area contributed by atoms with Gasteiger partial charge in [-0.2, -0.15) is 0 Å². The van der Waals surface area contributed by atoms with Crippen LogP contribution in [0.5, 0.6) is 0 Å². The fourth-order valence-corrected chi connectivity index (χ4v) is 0.403. The molecule has 0 saturated carbocycles. The quantitative estimate of drug-likeness (QED) is 0.520. The molecule has 0 radical (unpaired) electrons. The molecule has 0 aliphatic rings. The van der Waals surface area contributed by atoms with Gasteiger partial charge in [-0.1, -0.05) is 43.0 Å². The molecule has 0 atom stereocenters. The molecule has 0 rings (SSSR count). The van der Waals surface area contributed by atoms with Crippen LogP contribution in [0.4, 0.5) is 0 Å². The van der Waals surface area contributed by atoms with E-state index in [2.05, 4.69) is 13.2 Å². The van der Waals surface area contributed by atoms with Gasteiger partial charge in [0.2, 0.25) is 0 Å². The molecule has 0 spiro atoms. The number of allylic oxidation sites excluding steroid dienone is 6. The van der Waals surface area contributed by atoms with Gasteiger partial charge < -0.3 is 0 Å². The van der Waals surface area contributed by atoms with Crippen molar-refractivity contribution in [3.63, 3.8) is 0 Å². The molecule has 0 amide bonds. The molecular formula is C10H14. The molecule has 54 valence electrons. The molecule has 0 aliphatic heterocycles. The summed E-state index contributed by atoms with van der Waals surface area (Å²) in [6.07, 6.45) is 7.75. The first kappa shape index (κ1) is 8.96. The van der Waals surface area contributed by atoms with Gasteiger partial charge in [-0.05, 0) is 19.4 Å². The lowest BCUT2D eigenvalue weighted by molar-refractivity contribution is 1.47. The molecule has 0 aromatic carbocycles. The van der Waals surface area contributed by atoms with E-state index in [-0.39, 0.29) is 0 Å². The van der Waals surface area contributed by atoms with E-state index in [4.69, 9.17) is 0 Å². The minimum atomic E-state index is 0.946. The van der Waals surface area contributed by atoms with Crippen LogP contribution >= 0.6 is 0 Å². The summed E-state index contributed by atoms with van der Waals surface area (Å²) in [7, 11) is 0. The van der Waals surface area contributed by atoms with Gasteiger partial charge in [0, 0.05) is 0 Å². The van der Waals surface area contributed by atoms with Crippen LogP contribution in [0.2, 0.25) is 0 Å². The average molecular weight is 134 g/mol. The van der Waals surface area contributed by atoms with Gasteiger partial charge in [0.1, 0.15) is 0 Å². The van der Waals surface area contributed by atoms with Crippen LogP contribution in [-0.4, -0.2) is 0 Å². The zero-order valence-electron chi connectivity index (χ0n) is 6.72. The normalized spacial score (nSPS) is 12.0. The highest BCUT2D eigenvalue weighted by Gasteiger charge is 1.78. The largest absolute Gasteiger partial charge is 0.0985 e. The topological polar surface area (TPSA) is 0 Å². The Labute approximate surface area is 63.3 Å². The molecular weight excluding hydrogens is 120 g/mol. The Morgan fingerprint density at radius 1 is 1.30 bits per heavy atom. The first-order chi connectivity index (χ1) is 4.70. The molecule has 0 nitrogen and oxygen atoms in total. The molecule has 0 bridgehead atoms. The zero-order valence-corrected chi connectivity index (χ0v) is 6.72. The minimum absolute atomic E-state index is 0.946. The van der Waals surface area contributed by atoms with Crippen LogP contribution in [0.3, 0.4) is 0 Å². The Kier molecular flexibility index (Phi) is 4.30. The second kappa shape index (κ2) is 4.80. The Hall–Kier alpha value is -1.04. The SMILES string of the molecule is C=CC(=C)/C=C\C(C)=C\C. The summed E-state index contributed by atoms with van der Waals surface area (Å²) in [6, 6.07) is 0. The lowest BCUT2D eigenvalue weighted by atomic mass is 10.2. The Morgan fingerprint density at radius 3 is 2.30 bits per heavy atom. The van der Waals surface area contributed by atoms with Gasteiger partial charge in [0.05, 0.1) is 0 Å². The summed E-state index contributed by atoms with van der Waals surface area (Å²) in [5.74, 6) is 0. The van der Waals surface area contributed by atoms with Crippen molar-refractivity contribution in [1.29, 1.82) is 0 Å². The van der Waals surface area contributed by atoms with Crippen LogP contribution in [0.25, 0.3) is 0 Å². The van der Waals surface area contributed by atoms with Crippen molar-refractivity contribution < 1.29 is 0 Å². The molecule has 0 aromatic heterocycles. The van der Waals surface area contributed by atoms with E-state index in [9.17, 15) is 0 Å². The highest BCUT2D eigenvalue weighted by atomic mass is 13.8. The summed E-state index contributed by atoms with van der Waals surface area (Å²) < 4.78 is 0. The van der Waals surface area contributed by atoms with Crippen LogP contribution in [0, 0.1) is 0 Å². The predicted octanol–water partition coefficient (Wildman–Crippen LogP) is 3.25. The predicted molar refractivity (Wildman–Crippen MR) is 47.9 cm³/mol. The first-order valence-corrected chi connectivity index (χ1v) is 3.33. The molecule has 0 heterocycles. The van der Waals surface area contributed by atoms with Crippen molar-refractivity contribution in [2.75, 3.05) is 0 Å². The van der Waals surface area contributed by atoms with Crippen LogP contribution in [0.15, 0.2) is 48.6 Å². The van der Waals surface area contributed by atoms with E-state index >= 15 is 0 Å². The third-order valence-corrected chi connectivity index (χ3v) is 1.28. The summed E-state index contributed by atoms with van der Waals surface area (Å²) in [5.41, 5.74) is 2.18. The molecule has 0 aromatic rings. The van der Waals surface area contributed by atoms with Crippen molar-refractivity contribution in [2.24, 2.45) is 0 Å². The van der Waals surface area contributed by atoms with Crippen molar-refractivity contribution in [2.45, 2.75) is 13.8 Å². The van der Waals surface area contributed by atoms with Crippen molar-refractivity contribution in [3.8, 4) is 0 Å². The second-order valence-electron chi connectivity index (χ2n) is 2.15. The monoisotopic (exact) mass is 134 g/mol. The number of hydrogen-bond donors (Lipinski definition) is 0. The average Bonchev–Trinajstić information content (AvgIpc) is 1.99. The highest BCUT2D eigenvalue weighted by Crippen LogP contribution is 1.98. The zero-order chi connectivity index (χ0) is 7.98. The lowest BCUT2D eigenvalue weighted by Crippen LogP contribution is -1.67. The van der Waals surface area contributed by atoms with E-state index in [0.29, 0.717) is 0 Å². The summed E-state index contributed by atoms with van der Waals surface area (Å²) in [5, 5.41) is 0. The van der Waals surface area contributed by atoms with E-state index < -0.39 is 0 Å². The third-order valence-electron chi connectivity index (χ3n) is 1.28. The Bertz CT molecular complexity index is 176. The van der Waals surface area contributed by atoms with Crippen molar-refractivity contribution >= 4 is 0 Å². The van der Waals surface area contributed by atoms with Gasteiger partial charge in [-0.3, -0.25) is 0 Å². The van der Waals surface area contributed by atoms with E-state index in [1.54, 1.807) is 6.08 Å². The van der Waals surface area contributed by atoms with E-state index in [1.165, 1.54) is 5.57 Å². The molecule has 0 unspecified atom stereocenters. The van der Waals surface area contributed by atoms with Gasteiger partial charge >= 0.3 is 0 Å². The molecule has 0 saturated heterocycles. The summed E-state index contributed by atoms with van der Waals surface area (Å²) in [6.45, 7) is 11.4. The van der Waals surface area contributed by atoms with Crippen LogP contribution < -0.4 is 0 Å². The summed E-state index contributed by atoms with van der Waals surface area (Å²) >= 11 is 0. The molecule has 0 N–H and O–H groups in total. The first-order valence-electron chi connectivity index (χ1n) is 3.33. The van der Waals surface area contributed by atoms with Gasteiger partial charge in [-0.25, -0.2) is 0 Å². The molecule has 0 heteroatoms. The van der Waals surface area contributed by atoms with Gasteiger partial charge in [-0.15, -0.1) is 0 Å². The fourth-order valence-electron chi connectivity index (χ4n) is 0.403.